The third-order valence-corrected chi connectivity index (χ3v) is 5.36. The number of hydrogen-bond donors (Lipinski definition) is 1. The highest BCUT2D eigenvalue weighted by Crippen LogP contribution is 2.20. The number of carbonyl (C=O) groups is 1. The number of carbonyl (C=O) groups excluding carboxylic acids is 1. The summed E-state index contributed by atoms with van der Waals surface area (Å²) in [4.78, 5) is 14.3. The maximum Gasteiger partial charge on any atom is 0.223 e. The average Bonchev–Trinajstić information content (AvgIpc) is 3.02. The normalized spacial score (nSPS) is 15.5. The highest BCUT2D eigenvalue weighted by Gasteiger charge is 2.25. The van der Waals surface area contributed by atoms with Gasteiger partial charge in [0, 0.05) is 19.2 Å². The van der Waals surface area contributed by atoms with Gasteiger partial charge in [0.25, 0.3) is 0 Å². The van der Waals surface area contributed by atoms with E-state index < -0.39 is 15.9 Å². The number of sulfone groups is 1. The number of benzene rings is 1. The van der Waals surface area contributed by atoms with Gasteiger partial charge in [0.2, 0.25) is 5.91 Å². The van der Waals surface area contributed by atoms with Crippen LogP contribution in [0.5, 0.6) is 0 Å². The van der Waals surface area contributed by atoms with Crippen LogP contribution in [0.1, 0.15) is 29.5 Å². The summed E-state index contributed by atoms with van der Waals surface area (Å²) in [5.41, 5.74) is 2.28. The first-order valence-electron chi connectivity index (χ1n) is 8.56. The first-order chi connectivity index (χ1) is 12.3. The summed E-state index contributed by atoms with van der Waals surface area (Å²) in [6.07, 6.45) is 1.08. The van der Waals surface area contributed by atoms with Gasteiger partial charge in [-0.2, -0.15) is 5.10 Å². The highest BCUT2D eigenvalue weighted by molar-refractivity contribution is 7.90. The predicted molar refractivity (Wildman–Crippen MR) is 97.1 cm³/mol. The van der Waals surface area contributed by atoms with E-state index >= 15 is 0 Å². The number of aromatic nitrogens is 2. The van der Waals surface area contributed by atoms with Crippen LogP contribution >= 0.6 is 0 Å². The van der Waals surface area contributed by atoms with Gasteiger partial charge in [0.1, 0.15) is 15.9 Å². The Bertz CT molecular complexity index is 877. The van der Waals surface area contributed by atoms with Crippen molar-refractivity contribution in [2.75, 3.05) is 18.6 Å². The smallest absolute Gasteiger partial charge is 0.223 e. The molecule has 7 nitrogen and oxygen atoms in total. The number of fused-ring (bicyclic) bond motifs is 1. The van der Waals surface area contributed by atoms with Crippen LogP contribution in [-0.2, 0) is 34.1 Å². The zero-order valence-corrected chi connectivity index (χ0v) is 15.5. The Balaban J connectivity index is 1.61. The minimum atomic E-state index is -3.29. The van der Waals surface area contributed by atoms with Crippen LogP contribution in [0.4, 0.5) is 0 Å². The standard InChI is InChI=1S/C18H23N3O4S/c1-26(24,25)13-17(22)16-11-15-12-20(9-10-21(15)19-16)18(23)8-7-14-5-3-2-4-6-14/h2-6,11,17,22H,7-10,12-13H2,1H3. The zero-order valence-electron chi connectivity index (χ0n) is 14.7. The molecule has 140 valence electrons. The number of nitrogens with zero attached hydrogens (tertiary/aromatic N) is 3. The van der Waals surface area contributed by atoms with E-state index in [2.05, 4.69) is 5.10 Å². The lowest BCUT2D eigenvalue weighted by molar-refractivity contribution is -0.132. The lowest BCUT2D eigenvalue weighted by atomic mass is 10.1. The Hall–Kier alpha value is -2.19. The van der Waals surface area contributed by atoms with Gasteiger partial charge in [-0.1, -0.05) is 30.3 Å². The van der Waals surface area contributed by atoms with Gasteiger partial charge < -0.3 is 10.0 Å². The second kappa shape index (κ2) is 7.59. The van der Waals surface area contributed by atoms with E-state index in [-0.39, 0.29) is 11.7 Å². The van der Waals surface area contributed by atoms with E-state index in [1.807, 2.05) is 30.3 Å². The van der Waals surface area contributed by atoms with Crippen LogP contribution in [-0.4, -0.2) is 52.7 Å². The van der Waals surface area contributed by atoms with Gasteiger partial charge in [-0.25, -0.2) is 8.42 Å². The van der Waals surface area contributed by atoms with Crippen molar-refractivity contribution in [1.29, 1.82) is 0 Å². The molecule has 0 saturated heterocycles. The molecule has 0 spiro atoms. The Labute approximate surface area is 153 Å². The number of aliphatic hydroxyl groups excluding tert-OH is 1. The second-order valence-electron chi connectivity index (χ2n) is 6.69. The maximum atomic E-state index is 12.5. The second-order valence-corrected chi connectivity index (χ2v) is 8.88. The summed E-state index contributed by atoms with van der Waals surface area (Å²) in [5, 5.41) is 14.3. The number of aliphatic hydroxyl groups is 1. The molecule has 8 heteroatoms. The van der Waals surface area contributed by atoms with Gasteiger partial charge in [-0.05, 0) is 18.1 Å². The fourth-order valence-corrected chi connectivity index (χ4v) is 3.83. The molecule has 0 radical (unpaired) electrons. The van der Waals surface area contributed by atoms with E-state index in [0.29, 0.717) is 38.2 Å². The van der Waals surface area contributed by atoms with Crippen molar-refractivity contribution in [3.8, 4) is 0 Å². The van der Waals surface area contributed by atoms with Gasteiger partial charge in [0.05, 0.1) is 30.2 Å². The van der Waals surface area contributed by atoms with E-state index in [9.17, 15) is 18.3 Å². The lowest BCUT2D eigenvalue weighted by Crippen LogP contribution is -2.38. The van der Waals surface area contributed by atoms with Crippen molar-refractivity contribution in [2.24, 2.45) is 0 Å². The molecule has 1 aromatic carbocycles. The van der Waals surface area contributed by atoms with E-state index in [1.165, 1.54) is 0 Å². The minimum Gasteiger partial charge on any atom is -0.386 e. The molecule has 3 rings (SSSR count). The van der Waals surface area contributed by atoms with Crippen molar-refractivity contribution in [2.45, 2.75) is 32.0 Å². The van der Waals surface area contributed by atoms with Gasteiger partial charge >= 0.3 is 0 Å². The molecule has 1 unspecified atom stereocenters. The number of aryl methyl sites for hydroxylation is 1. The molecule has 2 heterocycles. The fraction of sp³-hybridized carbons (Fsp3) is 0.444. The molecule has 0 fully saturated rings. The monoisotopic (exact) mass is 377 g/mol. The molecular weight excluding hydrogens is 354 g/mol. The molecule has 1 aliphatic heterocycles. The van der Waals surface area contributed by atoms with Crippen LogP contribution in [0.25, 0.3) is 0 Å². The fourth-order valence-electron chi connectivity index (χ4n) is 3.09. The molecule has 1 aromatic heterocycles. The van der Waals surface area contributed by atoms with E-state index in [4.69, 9.17) is 0 Å². The van der Waals surface area contributed by atoms with Crippen LogP contribution in [0.3, 0.4) is 0 Å². The molecule has 1 aliphatic rings. The molecule has 0 bridgehead atoms. The molecule has 0 saturated carbocycles. The highest BCUT2D eigenvalue weighted by atomic mass is 32.2. The largest absolute Gasteiger partial charge is 0.386 e. The molecule has 0 aliphatic carbocycles. The third kappa shape index (κ3) is 4.70. The summed E-state index contributed by atoms with van der Waals surface area (Å²) in [5.74, 6) is -0.275. The summed E-state index contributed by atoms with van der Waals surface area (Å²) < 4.78 is 24.4. The van der Waals surface area contributed by atoms with E-state index in [0.717, 1.165) is 17.5 Å². The molecule has 1 amide bonds. The Kier molecular flexibility index (Phi) is 5.43. The Morgan fingerprint density at radius 2 is 2.00 bits per heavy atom. The van der Waals surface area contributed by atoms with Crippen LogP contribution < -0.4 is 0 Å². The van der Waals surface area contributed by atoms with Gasteiger partial charge in [-0.3, -0.25) is 9.48 Å². The quantitative estimate of drug-likeness (QED) is 0.809. The Morgan fingerprint density at radius 3 is 2.69 bits per heavy atom. The number of amides is 1. The third-order valence-electron chi connectivity index (χ3n) is 4.44. The van der Waals surface area contributed by atoms with E-state index in [1.54, 1.807) is 15.6 Å². The molecular formula is C18H23N3O4S. The van der Waals surface area contributed by atoms with Crippen molar-refractivity contribution in [3.05, 3.63) is 53.3 Å². The predicted octanol–water partition coefficient (Wildman–Crippen LogP) is 0.936. The summed E-state index contributed by atoms with van der Waals surface area (Å²) in [7, 11) is -3.29. The van der Waals surface area contributed by atoms with Crippen molar-refractivity contribution in [1.82, 2.24) is 14.7 Å². The summed E-state index contributed by atoms with van der Waals surface area (Å²) in [6, 6.07) is 11.6. The van der Waals surface area contributed by atoms with Gasteiger partial charge in [-0.15, -0.1) is 0 Å². The summed E-state index contributed by atoms with van der Waals surface area (Å²) >= 11 is 0. The lowest BCUT2D eigenvalue weighted by Gasteiger charge is -2.27. The number of hydrogen-bond acceptors (Lipinski definition) is 5. The summed E-state index contributed by atoms with van der Waals surface area (Å²) in [6.45, 7) is 1.52. The molecule has 1 N–H and O–H groups in total. The maximum absolute atomic E-state index is 12.5. The molecule has 26 heavy (non-hydrogen) atoms. The van der Waals surface area contributed by atoms with Crippen molar-refractivity contribution >= 4 is 15.7 Å². The molecule has 2 aromatic rings. The first kappa shape index (κ1) is 18.6. The van der Waals surface area contributed by atoms with Crippen LogP contribution in [0.2, 0.25) is 0 Å². The molecule has 1 atom stereocenters. The minimum absolute atomic E-state index is 0.0829. The topological polar surface area (TPSA) is 92.5 Å². The average molecular weight is 377 g/mol. The first-order valence-corrected chi connectivity index (χ1v) is 10.6. The van der Waals surface area contributed by atoms with Crippen molar-refractivity contribution < 1.29 is 18.3 Å². The Morgan fingerprint density at radius 1 is 1.27 bits per heavy atom. The van der Waals surface area contributed by atoms with Crippen LogP contribution in [0.15, 0.2) is 36.4 Å². The zero-order chi connectivity index (χ0) is 18.7. The number of rotatable bonds is 6. The van der Waals surface area contributed by atoms with Crippen molar-refractivity contribution in [3.63, 3.8) is 0 Å². The van der Waals surface area contributed by atoms with Crippen LogP contribution in [0, 0.1) is 0 Å². The van der Waals surface area contributed by atoms with Gasteiger partial charge in [0.15, 0.2) is 0 Å². The SMILES string of the molecule is CS(=O)(=O)CC(O)c1cc2n(n1)CCN(C(=O)CCc1ccccc1)C2.